The molecule has 0 saturated carbocycles. The smallest absolute Gasteiger partial charge is 0.324 e. The summed E-state index contributed by atoms with van der Waals surface area (Å²) in [6, 6.07) is -0.265. The van der Waals surface area contributed by atoms with Gasteiger partial charge in [0.25, 0.3) is 0 Å². The second-order valence-corrected chi connectivity index (χ2v) is 4.35. The zero-order chi connectivity index (χ0) is 11.4. The van der Waals surface area contributed by atoms with E-state index in [4.69, 9.17) is 15.5 Å². The fourth-order valence-corrected chi connectivity index (χ4v) is 1.61. The minimum absolute atomic E-state index is 0.844. The molecule has 2 atom stereocenters. The maximum absolute atomic E-state index is 10.9. The number of carbonyl (C=O) groups is 1. The van der Waals surface area contributed by atoms with Crippen LogP contribution in [0.1, 0.15) is 6.92 Å². The molecule has 14 heavy (non-hydrogen) atoms. The highest BCUT2D eigenvalue weighted by atomic mass is 32.2. The Kier molecular flexibility index (Phi) is 4.49. The Hall–Kier alpha value is -1.17. The van der Waals surface area contributed by atoms with Gasteiger partial charge in [0.2, 0.25) is 10.0 Å². The summed E-state index contributed by atoms with van der Waals surface area (Å²) in [7, 11) is -3.97. The number of nitriles is 1. The molecule has 0 spiro atoms. The normalized spacial score (nSPS) is 15.5. The van der Waals surface area contributed by atoms with Crippen molar-refractivity contribution in [1.29, 1.82) is 5.26 Å². The van der Waals surface area contributed by atoms with Crippen molar-refractivity contribution in [3.05, 3.63) is 0 Å². The summed E-state index contributed by atoms with van der Waals surface area (Å²) in [5, 5.41) is 25.5. The highest BCUT2D eigenvalue weighted by Gasteiger charge is 2.27. The quantitative estimate of drug-likeness (QED) is 0.506. The van der Waals surface area contributed by atoms with Crippen LogP contribution in [-0.2, 0) is 14.8 Å². The van der Waals surface area contributed by atoms with Crippen molar-refractivity contribution < 1.29 is 23.4 Å². The summed E-state index contributed by atoms with van der Waals surface area (Å²) < 4.78 is 23.6. The molecule has 0 aliphatic carbocycles. The first-order valence-corrected chi connectivity index (χ1v) is 5.23. The molecule has 0 saturated heterocycles. The van der Waals surface area contributed by atoms with E-state index in [-0.39, 0.29) is 0 Å². The second-order valence-electron chi connectivity index (χ2n) is 2.59. The molecule has 0 amide bonds. The minimum atomic E-state index is -3.97. The largest absolute Gasteiger partial charge is 0.480 e. The van der Waals surface area contributed by atoms with Crippen molar-refractivity contribution >= 4 is 16.0 Å². The molecule has 0 heterocycles. The van der Waals surface area contributed by atoms with Crippen LogP contribution in [0.2, 0.25) is 0 Å². The standard InChI is InChI=1S/C6H10N2O5S/c1-4(9)5(6(10)11)8-14(12,13)3-2-7/h4-5,8-9H,3H2,1H3,(H,10,11)/t4-,5+/m1/s1. The second kappa shape index (κ2) is 4.90. The summed E-state index contributed by atoms with van der Waals surface area (Å²) in [6.07, 6.45) is -1.37. The molecule has 0 rings (SSSR count). The number of rotatable bonds is 5. The summed E-state index contributed by atoms with van der Waals surface area (Å²) in [5.41, 5.74) is 0. The lowest BCUT2D eigenvalue weighted by atomic mass is 10.2. The Morgan fingerprint density at radius 3 is 2.43 bits per heavy atom. The number of hydrogen-bond acceptors (Lipinski definition) is 5. The summed E-state index contributed by atoms with van der Waals surface area (Å²) in [4.78, 5) is 10.5. The molecular formula is C6H10N2O5S. The Labute approximate surface area is 81.0 Å². The van der Waals surface area contributed by atoms with Crippen molar-refractivity contribution in [1.82, 2.24) is 4.72 Å². The third-order valence-corrected chi connectivity index (χ3v) is 2.43. The lowest BCUT2D eigenvalue weighted by molar-refractivity contribution is -0.141. The molecule has 0 fully saturated rings. The van der Waals surface area contributed by atoms with Gasteiger partial charge < -0.3 is 10.2 Å². The molecule has 3 N–H and O–H groups in total. The molecule has 80 valence electrons. The minimum Gasteiger partial charge on any atom is -0.480 e. The van der Waals surface area contributed by atoms with E-state index in [0.29, 0.717) is 0 Å². The summed E-state index contributed by atoms with van der Waals surface area (Å²) >= 11 is 0. The molecular weight excluding hydrogens is 212 g/mol. The number of carboxylic acid groups (broad SMARTS) is 1. The Bertz CT molecular complexity index is 342. The average Bonchev–Trinajstić information content (AvgIpc) is 1.99. The van der Waals surface area contributed by atoms with E-state index in [9.17, 15) is 13.2 Å². The van der Waals surface area contributed by atoms with E-state index in [0.717, 1.165) is 6.92 Å². The zero-order valence-corrected chi connectivity index (χ0v) is 8.15. The molecule has 0 unspecified atom stereocenters. The van der Waals surface area contributed by atoms with Crippen LogP contribution in [0.3, 0.4) is 0 Å². The maximum atomic E-state index is 10.9. The number of nitrogens with one attached hydrogen (secondary N) is 1. The van der Waals surface area contributed by atoms with Gasteiger partial charge in [-0.25, -0.2) is 8.42 Å². The third kappa shape index (κ3) is 4.18. The Balaban J connectivity index is 4.63. The number of aliphatic hydroxyl groups is 1. The Morgan fingerprint density at radius 2 is 2.14 bits per heavy atom. The van der Waals surface area contributed by atoms with Crippen LogP contribution >= 0.6 is 0 Å². The number of nitrogens with zero attached hydrogens (tertiary/aromatic N) is 1. The first-order valence-electron chi connectivity index (χ1n) is 3.58. The highest BCUT2D eigenvalue weighted by molar-refractivity contribution is 7.89. The van der Waals surface area contributed by atoms with Gasteiger partial charge in [0.1, 0.15) is 6.04 Å². The van der Waals surface area contributed by atoms with E-state index >= 15 is 0 Å². The van der Waals surface area contributed by atoms with Crippen LogP contribution in [0, 0.1) is 11.3 Å². The molecule has 0 aliphatic heterocycles. The van der Waals surface area contributed by atoms with Crippen molar-refractivity contribution in [2.75, 3.05) is 5.75 Å². The summed E-state index contributed by atoms with van der Waals surface area (Å²) in [6.45, 7) is 1.13. The molecule has 7 nitrogen and oxygen atoms in total. The lowest BCUT2D eigenvalue weighted by Crippen LogP contribution is -2.48. The maximum Gasteiger partial charge on any atom is 0.324 e. The topological polar surface area (TPSA) is 127 Å². The fraction of sp³-hybridized carbons (Fsp3) is 0.667. The summed E-state index contributed by atoms with van der Waals surface area (Å²) in [5.74, 6) is -2.34. The van der Waals surface area contributed by atoms with E-state index in [1.54, 1.807) is 4.72 Å². The van der Waals surface area contributed by atoms with E-state index in [1.165, 1.54) is 6.07 Å². The van der Waals surface area contributed by atoms with Gasteiger partial charge in [-0.3, -0.25) is 4.79 Å². The van der Waals surface area contributed by atoms with Crippen LogP contribution < -0.4 is 4.72 Å². The van der Waals surface area contributed by atoms with Crippen molar-refractivity contribution in [3.8, 4) is 6.07 Å². The number of aliphatic hydroxyl groups excluding tert-OH is 1. The van der Waals surface area contributed by atoms with Crippen LogP contribution in [-0.4, -0.2) is 42.5 Å². The van der Waals surface area contributed by atoms with Gasteiger partial charge in [0.05, 0.1) is 12.2 Å². The predicted molar refractivity (Wildman–Crippen MR) is 45.6 cm³/mol. The molecule has 0 bridgehead atoms. The van der Waals surface area contributed by atoms with Gasteiger partial charge in [0, 0.05) is 0 Å². The van der Waals surface area contributed by atoms with Gasteiger partial charge in [-0.15, -0.1) is 0 Å². The van der Waals surface area contributed by atoms with Gasteiger partial charge in [0.15, 0.2) is 5.75 Å². The first-order chi connectivity index (χ1) is 6.30. The van der Waals surface area contributed by atoms with Crippen LogP contribution in [0.5, 0.6) is 0 Å². The van der Waals surface area contributed by atoms with E-state index < -0.39 is 33.9 Å². The number of hydrogen-bond donors (Lipinski definition) is 3. The monoisotopic (exact) mass is 222 g/mol. The van der Waals surface area contributed by atoms with Crippen molar-refractivity contribution in [2.45, 2.75) is 19.1 Å². The van der Waals surface area contributed by atoms with E-state index in [2.05, 4.69) is 0 Å². The zero-order valence-electron chi connectivity index (χ0n) is 7.34. The number of carboxylic acids is 1. The predicted octanol–water partition coefficient (Wildman–Crippen LogP) is -1.74. The SMILES string of the molecule is C[C@@H](O)[C@H](NS(=O)(=O)CC#N)C(=O)O. The van der Waals surface area contributed by atoms with Gasteiger partial charge >= 0.3 is 5.97 Å². The molecule has 0 aromatic rings. The lowest BCUT2D eigenvalue weighted by Gasteiger charge is -2.15. The average molecular weight is 222 g/mol. The fourth-order valence-electron chi connectivity index (χ4n) is 0.675. The Morgan fingerprint density at radius 1 is 1.64 bits per heavy atom. The first kappa shape index (κ1) is 12.8. The molecule has 8 heteroatoms. The highest BCUT2D eigenvalue weighted by Crippen LogP contribution is 1.96. The van der Waals surface area contributed by atoms with E-state index in [1.807, 2.05) is 0 Å². The number of aliphatic carboxylic acids is 1. The van der Waals surface area contributed by atoms with Gasteiger partial charge in [-0.2, -0.15) is 9.98 Å². The number of sulfonamides is 1. The van der Waals surface area contributed by atoms with Gasteiger partial charge in [-0.05, 0) is 6.92 Å². The van der Waals surface area contributed by atoms with Crippen LogP contribution in [0.25, 0.3) is 0 Å². The third-order valence-electron chi connectivity index (χ3n) is 1.31. The van der Waals surface area contributed by atoms with Crippen molar-refractivity contribution in [2.24, 2.45) is 0 Å². The molecule has 0 radical (unpaired) electrons. The van der Waals surface area contributed by atoms with Crippen LogP contribution in [0.15, 0.2) is 0 Å². The molecule has 0 aliphatic rings. The van der Waals surface area contributed by atoms with Crippen molar-refractivity contribution in [3.63, 3.8) is 0 Å². The molecule has 0 aromatic heterocycles. The van der Waals surface area contributed by atoms with Crippen LogP contribution in [0.4, 0.5) is 0 Å². The molecule has 0 aromatic carbocycles. The van der Waals surface area contributed by atoms with Gasteiger partial charge in [-0.1, -0.05) is 0 Å².